The Morgan fingerprint density at radius 2 is 1.19 bits per heavy atom. The van der Waals surface area contributed by atoms with Crippen LogP contribution in [0.15, 0.2) is 163 Å². The van der Waals surface area contributed by atoms with Crippen molar-refractivity contribution in [3.63, 3.8) is 0 Å². The zero-order valence-corrected chi connectivity index (χ0v) is 24.8. The minimum atomic E-state index is 0.674. The Bertz CT molecular complexity index is 1640. The molecule has 0 aliphatic heterocycles. The topological polar surface area (TPSA) is 27.6 Å². The van der Waals surface area contributed by atoms with Crippen molar-refractivity contribution in [2.24, 2.45) is 4.99 Å². The van der Waals surface area contributed by atoms with E-state index in [0.29, 0.717) is 6.54 Å². The molecule has 0 atom stereocenters. The number of hydrogen-bond donors (Lipinski definition) is 1. The van der Waals surface area contributed by atoms with Crippen molar-refractivity contribution in [3.8, 4) is 0 Å². The van der Waals surface area contributed by atoms with Crippen LogP contribution in [0, 0.1) is 0 Å². The first-order valence-electron chi connectivity index (χ1n) is 14.6. The van der Waals surface area contributed by atoms with Crippen molar-refractivity contribution >= 4 is 40.6 Å². The van der Waals surface area contributed by atoms with E-state index in [9.17, 15) is 0 Å². The van der Waals surface area contributed by atoms with Gasteiger partial charge in [0.1, 0.15) is 0 Å². The second-order valence-electron chi connectivity index (χ2n) is 10.1. The summed E-state index contributed by atoms with van der Waals surface area (Å²) in [6.45, 7) is 2.71. The van der Waals surface area contributed by atoms with Gasteiger partial charge in [0.15, 0.2) is 0 Å². The van der Waals surface area contributed by atoms with Crippen molar-refractivity contribution < 1.29 is 0 Å². The molecule has 5 rings (SSSR count). The van der Waals surface area contributed by atoms with Crippen LogP contribution < -0.4 is 10.2 Å². The number of nitrogens with zero attached hydrogens (tertiary/aromatic N) is 2. The molecule has 0 amide bonds. The first-order chi connectivity index (χ1) is 21.2. The van der Waals surface area contributed by atoms with Crippen LogP contribution in [0.3, 0.4) is 0 Å². The molecule has 5 aromatic rings. The third-order valence-corrected chi connectivity index (χ3v) is 7.11. The third-order valence-electron chi connectivity index (χ3n) is 7.11. The van der Waals surface area contributed by atoms with Gasteiger partial charge in [0.25, 0.3) is 0 Å². The minimum Gasteiger partial charge on any atom is -0.388 e. The summed E-state index contributed by atoms with van der Waals surface area (Å²) in [5.41, 5.74) is 10.2. The lowest BCUT2D eigenvalue weighted by molar-refractivity contribution is 1.08. The summed E-state index contributed by atoms with van der Waals surface area (Å²) in [4.78, 5) is 6.86. The normalized spacial score (nSPS) is 12.1. The van der Waals surface area contributed by atoms with Gasteiger partial charge in [-0.1, -0.05) is 115 Å². The number of nitrogens with one attached hydrogen (secondary N) is 1. The van der Waals surface area contributed by atoms with E-state index in [1.165, 1.54) is 5.56 Å². The average Bonchev–Trinajstić information content (AvgIpc) is 3.07. The molecule has 3 nitrogen and oxygen atoms in total. The van der Waals surface area contributed by atoms with E-state index >= 15 is 0 Å². The van der Waals surface area contributed by atoms with Crippen LogP contribution in [0.5, 0.6) is 0 Å². The predicted molar refractivity (Wildman–Crippen MR) is 186 cm³/mol. The number of anilines is 3. The smallest absolute Gasteiger partial charge is 0.0639 e. The summed E-state index contributed by atoms with van der Waals surface area (Å²) in [5.74, 6) is 0. The zero-order valence-electron chi connectivity index (χ0n) is 24.8. The Balaban J connectivity index is 1.34. The Morgan fingerprint density at radius 3 is 1.74 bits per heavy atom. The summed E-state index contributed by atoms with van der Waals surface area (Å²) < 4.78 is 0. The lowest BCUT2D eigenvalue weighted by Gasteiger charge is -2.25. The molecule has 0 heterocycles. The number of para-hydroxylation sites is 2. The van der Waals surface area contributed by atoms with E-state index in [2.05, 4.69) is 149 Å². The quantitative estimate of drug-likeness (QED) is 0.0990. The van der Waals surface area contributed by atoms with Crippen molar-refractivity contribution in [2.45, 2.75) is 13.5 Å². The first kappa shape index (κ1) is 29.1. The third kappa shape index (κ3) is 7.87. The predicted octanol–water partition coefficient (Wildman–Crippen LogP) is 10.1. The van der Waals surface area contributed by atoms with Gasteiger partial charge in [0, 0.05) is 36.0 Å². The molecule has 3 heteroatoms. The van der Waals surface area contributed by atoms with Gasteiger partial charge in [0.05, 0.1) is 6.54 Å². The van der Waals surface area contributed by atoms with Crippen molar-refractivity contribution in [1.82, 2.24) is 5.32 Å². The van der Waals surface area contributed by atoms with E-state index in [1.807, 2.05) is 50.5 Å². The maximum absolute atomic E-state index is 4.59. The molecule has 212 valence electrons. The molecule has 0 aliphatic carbocycles. The molecule has 0 saturated carbocycles. The van der Waals surface area contributed by atoms with Crippen molar-refractivity contribution in [1.29, 1.82) is 0 Å². The fourth-order valence-electron chi connectivity index (χ4n) is 4.93. The van der Waals surface area contributed by atoms with Gasteiger partial charge in [-0.05, 0) is 83.3 Å². The summed E-state index contributed by atoms with van der Waals surface area (Å²) >= 11 is 0. The van der Waals surface area contributed by atoms with E-state index in [1.54, 1.807) is 0 Å². The largest absolute Gasteiger partial charge is 0.388 e. The highest BCUT2D eigenvalue weighted by Gasteiger charge is 2.11. The molecule has 0 fully saturated rings. The number of rotatable bonds is 11. The molecule has 5 aromatic carbocycles. The van der Waals surface area contributed by atoms with Crippen LogP contribution in [-0.2, 0) is 6.54 Å². The van der Waals surface area contributed by atoms with Crippen LogP contribution in [-0.4, -0.2) is 13.3 Å². The van der Waals surface area contributed by atoms with Crippen LogP contribution in [0.4, 0.5) is 17.1 Å². The number of allylic oxidation sites excluding steroid dienone is 4. The van der Waals surface area contributed by atoms with Gasteiger partial charge in [-0.3, -0.25) is 4.99 Å². The molecule has 0 aromatic heterocycles. The summed E-state index contributed by atoms with van der Waals surface area (Å²) in [5, 5.41) is 3.39. The Hall–Kier alpha value is -5.41. The van der Waals surface area contributed by atoms with Crippen LogP contribution >= 0.6 is 0 Å². The first-order valence-corrected chi connectivity index (χ1v) is 14.6. The molecule has 0 radical (unpaired) electrons. The fraction of sp³-hybridized carbons (Fsp3) is 0.0750. The molecular formula is C40H37N3. The summed E-state index contributed by atoms with van der Waals surface area (Å²) in [6.07, 6.45) is 10.3. The second-order valence-corrected chi connectivity index (χ2v) is 10.1. The monoisotopic (exact) mass is 559 g/mol. The number of aliphatic imine (C=N–C) groups is 1. The fourth-order valence-corrected chi connectivity index (χ4v) is 4.93. The highest BCUT2D eigenvalue weighted by atomic mass is 15.1. The number of hydrogen-bond acceptors (Lipinski definition) is 3. The maximum atomic E-state index is 4.59. The number of benzene rings is 5. The lowest BCUT2D eigenvalue weighted by Crippen LogP contribution is -2.09. The minimum absolute atomic E-state index is 0.674. The zero-order chi connectivity index (χ0) is 29.7. The lowest BCUT2D eigenvalue weighted by atomic mass is 10.0. The molecule has 0 spiro atoms. The Labute approximate surface area is 255 Å². The molecular weight excluding hydrogens is 522 g/mol. The van der Waals surface area contributed by atoms with Crippen LogP contribution in [0.25, 0.3) is 17.3 Å². The highest BCUT2D eigenvalue weighted by molar-refractivity contribution is 5.89. The maximum Gasteiger partial charge on any atom is 0.0639 e. The summed E-state index contributed by atoms with van der Waals surface area (Å²) in [7, 11) is 1.97. The van der Waals surface area contributed by atoms with Gasteiger partial charge in [-0.2, -0.15) is 0 Å². The Morgan fingerprint density at radius 1 is 0.651 bits per heavy atom. The van der Waals surface area contributed by atoms with Crippen molar-refractivity contribution in [2.75, 3.05) is 11.9 Å². The molecule has 0 aliphatic rings. The second kappa shape index (κ2) is 15.0. The van der Waals surface area contributed by atoms with E-state index in [-0.39, 0.29) is 0 Å². The van der Waals surface area contributed by atoms with Gasteiger partial charge < -0.3 is 10.2 Å². The van der Waals surface area contributed by atoms with E-state index in [4.69, 9.17) is 0 Å². The standard InChI is InChI=1S/C40H37N3/c1-3-13-34(28-29-42-31-33-14-7-4-8-15-33)35-22-24-36(25-23-35)40(41-2)30-32-20-26-39(27-21-32)43(37-16-9-5-10-17-37)38-18-11-6-12-19-38/h3-30,41H,31H2,1-2H3/b13-3-,34-28+,40-30-,42-29?. The van der Waals surface area contributed by atoms with Crippen LogP contribution in [0.1, 0.15) is 29.2 Å². The Kier molecular flexibility index (Phi) is 10.1. The molecule has 0 unspecified atom stereocenters. The van der Waals surface area contributed by atoms with E-state index < -0.39 is 0 Å². The van der Waals surface area contributed by atoms with Gasteiger partial charge in [-0.25, -0.2) is 0 Å². The van der Waals surface area contributed by atoms with Gasteiger partial charge >= 0.3 is 0 Å². The van der Waals surface area contributed by atoms with Crippen LogP contribution in [0.2, 0.25) is 0 Å². The SMILES string of the molecule is C/C=C\C(=C/C=NCc1ccccc1)c1ccc(/C(=C/c2ccc(N(c3ccccc3)c3ccccc3)cc2)NC)cc1. The molecule has 0 bridgehead atoms. The summed E-state index contributed by atoms with van der Waals surface area (Å²) in [6, 6.07) is 48.6. The average molecular weight is 560 g/mol. The molecule has 1 N–H and O–H groups in total. The molecule has 0 saturated heterocycles. The van der Waals surface area contributed by atoms with Gasteiger partial charge in [0.2, 0.25) is 0 Å². The highest BCUT2D eigenvalue weighted by Crippen LogP contribution is 2.34. The van der Waals surface area contributed by atoms with Gasteiger partial charge in [-0.15, -0.1) is 0 Å². The van der Waals surface area contributed by atoms with Crippen molar-refractivity contribution in [3.05, 3.63) is 180 Å². The van der Waals surface area contributed by atoms with E-state index in [0.717, 1.165) is 45.0 Å². The molecule has 43 heavy (non-hydrogen) atoms.